The molecule has 5 nitrogen and oxygen atoms in total. The van der Waals surface area contributed by atoms with E-state index in [9.17, 15) is 17.6 Å². The highest BCUT2D eigenvalue weighted by molar-refractivity contribution is 7.89. The van der Waals surface area contributed by atoms with E-state index in [-0.39, 0.29) is 17.3 Å². The summed E-state index contributed by atoms with van der Waals surface area (Å²) in [6.07, 6.45) is 0. The fourth-order valence-corrected chi connectivity index (χ4v) is 2.83. The average Bonchev–Trinajstić information content (AvgIpc) is 2.53. The van der Waals surface area contributed by atoms with Crippen molar-refractivity contribution in [2.75, 3.05) is 6.54 Å². The molecule has 2 aromatic rings. The molecule has 0 saturated heterocycles. The van der Waals surface area contributed by atoms with Gasteiger partial charge in [-0.15, -0.1) is 0 Å². The second kappa shape index (κ2) is 7.54. The Hall–Kier alpha value is -1.96. The van der Waals surface area contributed by atoms with Gasteiger partial charge in [-0.05, 0) is 42.0 Å². The van der Waals surface area contributed by atoms with Crippen molar-refractivity contribution in [3.05, 3.63) is 64.9 Å². The van der Waals surface area contributed by atoms with Crippen molar-refractivity contribution in [1.82, 2.24) is 10.0 Å². The maximum atomic E-state index is 12.8. The topological polar surface area (TPSA) is 75.3 Å². The van der Waals surface area contributed by atoms with E-state index in [1.807, 2.05) is 0 Å². The van der Waals surface area contributed by atoms with E-state index < -0.39 is 22.5 Å². The minimum absolute atomic E-state index is 0.0215. The first-order chi connectivity index (χ1) is 10.9. The van der Waals surface area contributed by atoms with Gasteiger partial charge < -0.3 is 5.32 Å². The van der Waals surface area contributed by atoms with Crippen LogP contribution in [0.5, 0.6) is 0 Å². The van der Waals surface area contributed by atoms with Gasteiger partial charge in [0.1, 0.15) is 5.82 Å². The third-order valence-corrected chi connectivity index (χ3v) is 4.62. The number of halogens is 2. The molecule has 122 valence electrons. The summed E-state index contributed by atoms with van der Waals surface area (Å²) in [5, 5.41) is 2.96. The van der Waals surface area contributed by atoms with Crippen molar-refractivity contribution >= 4 is 27.5 Å². The Bertz CT molecular complexity index is 777. The lowest BCUT2D eigenvalue weighted by Crippen LogP contribution is -2.36. The molecule has 0 aromatic heterocycles. The summed E-state index contributed by atoms with van der Waals surface area (Å²) in [4.78, 5) is 11.7. The van der Waals surface area contributed by atoms with Gasteiger partial charge in [-0.3, -0.25) is 4.79 Å². The first kappa shape index (κ1) is 17.4. The minimum Gasteiger partial charge on any atom is -0.351 e. The molecule has 0 fully saturated rings. The molecule has 23 heavy (non-hydrogen) atoms. The van der Waals surface area contributed by atoms with Crippen LogP contribution < -0.4 is 10.0 Å². The number of carbonyl (C=O) groups is 1. The van der Waals surface area contributed by atoms with Gasteiger partial charge in [0.15, 0.2) is 0 Å². The molecule has 8 heteroatoms. The summed E-state index contributed by atoms with van der Waals surface area (Å²) in [7, 11) is -3.78. The molecule has 2 N–H and O–H groups in total. The second-order valence-electron chi connectivity index (χ2n) is 4.68. The zero-order valence-electron chi connectivity index (χ0n) is 11.9. The van der Waals surface area contributed by atoms with E-state index in [4.69, 9.17) is 11.6 Å². The van der Waals surface area contributed by atoms with E-state index in [1.165, 1.54) is 48.5 Å². The lowest BCUT2D eigenvalue weighted by molar-refractivity contribution is -0.120. The second-order valence-corrected chi connectivity index (χ2v) is 6.89. The molecule has 2 rings (SSSR count). The van der Waals surface area contributed by atoms with E-state index in [2.05, 4.69) is 10.0 Å². The van der Waals surface area contributed by atoms with Crippen LogP contribution in [0.3, 0.4) is 0 Å². The Balaban J connectivity index is 1.86. The highest BCUT2D eigenvalue weighted by atomic mass is 35.5. The zero-order valence-corrected chi connectivity index (χ0v) is 13.5. The molecule has 0 unspecified atom stereocenters. The van der Waals surface area contributed by atoms with E-state index in [0.717, 1.165) is 0 Å². The number of sulfonamides is 1. The number of nitrogens with one attached hydrogen (secondary N) is 2. The van der Waals surface area contributed by atoms with E-state index >= 15 is 0 Å². The number of rotatable bonds is 6. The molecular formula is C15H14ClFN2O3S. The number of hydrogen-bond acceptors (Lipinski definition) is 3. The Morgan fingerprint density at radius 1 is 1.04 bits per heavy atom. The van der Waals surface area contributed by atoms with Gasteiger partial charge in [0, 0.05) is 11.6 Å². The van der Waals surface area contributed by atoms with Crippen LogP contribution in [0, 0.1) is 5.82 Å². The maximum absolute atomic E-state index is 12.8. The third kappa shape index (κ3) is 5.31. The quantitative estimate of drug-likeness (QED) is 0.832. The molecule has 0 radical (unpaired) electrons. The average molecular weight is 357 g/mol. The van der Waals surface area contributed by atoms with Gasteiger partial charge >= 0.3 is 0 Å². The van der Waals surface area contributed by atoms with Crippen molar-refractivity contribution in [3.63, 3.8) is 0 Å². The maximum Gasteiger partial charge on any atom is 0.241 e. The zero-order chi connectivity index (χ0) is 16.9. The lowest BCUT2D eigenvalue weighted by Gasteiger charge is -2.08. The number of benzene rings is 2. The summed E-state index contributed by atoms with van der Waals surface area (Å²) in [5.74, 6) is -0.859. The van der Waals surface area contributed by atoms with Crippen LogP contribution in [0.25, 0.3) is 0 Å². The molecule has 2 aromatic carbocycles. The summed E-state index contributed by atoms with van der Waals surface area (Å²) in [6, 6.07) is 11.2. The molecular weight excluding hydrogens is 343 g/mol. The summed E-state index contributed by atoms with van der Waals surface area (Å²) < 4.78 is 38.9. The van der Waals surface area contributed by atoms with Crippen LogP contribution in [-0.4, -0.2) is 20.9 Å². The Kier molecular flexibility index (Phi) is 5.70. The largest absolute Gasteiger partial charge is 0.351 e. The molecule has 0 bridgehead atoms. The molecule has 0 heterocycles. The SMILES string of the molecule is O=C(CNS(=O)(=O)c1ccc(Cl)cc1)NCc1ccc(F)cc1. The molecule has 0 atom stereocenters. The number of hydrogen-bond donors (Lipinski definition) is 2. The van der Waals surface area contributed by atoms with Gasteiger partial charge in [0.05, 0.1) is 11.4 Å². The van der Waals surface area contributed by atoms with Crippen LogP contribution in [0.1, 0.15) is 5.56 Å². The van der Waals surface area contributed by atoms with Gasteiger partial charge in [0.25, 0.3) is 0 Å². The molecule has 0 aliphatic rings. The summed E-state index contributed by atoms with van der Waals surface area (Å²) in [6.45, 7) is -0.214. The van der Waals surface area contributed by atoms with E-state index in [0.29, 0.717) is 10.6 Å². The van der Waals surface area contributed by atoms with Crippen molar-refractivity contribution in [2.24, 2.45) is 0 Å². The fraction of sp³-hybridized carbons (Fsp3) is 0.133. The van der Waals surface area contributed by atoms with Crippen LogP contribution in [0.15, 0.2) is 53.4 Å². The first-order valence-corrected chi connectivity index (χ1v) is 8.49. The Morgan fingerprint density at radius 2 is 1.65 bits per heavy atom. The highest BCUT2D eigenvalue weighted by Crippen LogP contribution is 2.13. The first-order valence-electron chi connectivity index (χ1n) is 6.63. The van der Waals surface area contributed by atoms with Crippen molar-refractivity contribution in [3.8, 4) is 0 Å². The van der Waals surface area contributed by atoms with Gasteiger partial charge in [-0.25, -0.2) is 17.5 Å². The van der Waals surface area contributed by atoms with Crippen LogP contribution in [0.2, 0.25) is 5.02 Å². The lowest BCUT2D eigenvalue weighted by atomic mass is 10.2. The standard InChI is InChI=1S/C15H14ClFN2O3S/c16-12-3-7-14(8-4-12)23(21,22)19-10-15(20)18-9-11-1-5-13(17)6-2-11/h1-8,19H,9-10H2,(H,18,20). The van der Waals surface area contributed by atoms with Gasteiger partial charge in [-0.2, -0.15) is 0 Å². The van der Waals surface area contributed by atoms with Crippen molar-refractivity contribution in [2.45, 2.75) is 11.4 Å². The van der Waals surface area contributed by atoms with Crippen LogP contribution in [0.4, 0.5) is 4.39 Å². The number of carbonyl (C=O) groups excluding carboxylic acids is 1. The highest BCUT2D eigenvalue weighted by Gasteiger charge is 2.15. The molecule has 0 aliphatic heterocycles. The fourth-order valence-electron chi connectivity index (χ4n) is 1.72. The van der Waals surface area contributed by atoms with Crippen molar-refractivity contribution < 1.29 is 17.6 Å². The van der Waals surface area contributed by atoms with Crippen LogP contribution >= 0.6 is 11.6 Å². The van der Waals surface area contributed by atoms with Crippen molar-refractivity contribution in [1.29, 1.82) is 0 Å². The molecule has 0 saturated carbocycles. The van der Waals surface area contributed by atoms with Crippen LogP contribution in [-0.2, 0) is 21.4 Å². The molecule has 1 amide bonds. The predicted molar refractivity (Wildman–Crippen MR) is 84.9 cm³/mol. The summed E-state index contributed by atoms with van der Waals surface area (Å²) in [5.41, 5.74) is 0.709. The van der Waals surface area contributed by atoms with E-state index in [1.54, 1.807) is 0 Å². The molecule has 0 spiro atoms. The number of amides is 1. The minimum atomic E-state index is -3.78. The predicted octanol–water partition coefficient (Wildman–Crippen LogP) is 2.07. The van der Waals surface area contributed by atoms with Gasteiger partial charge in [-0.1, -0.05) is 23.7 Å². The Labute approximate surface area is 138 Å². The smallest absolute Gasteiger partial charge is 0.241 e. The summed E-state index contributed by atoms with van der Waals surface area (Å²) >= 11 is 5.70. The third-order valence-electron chi connectivity index (χ3n) is 2.95. The van der Waals surface area contributed by atoms with Gasteiger partial charge in [0.2, 0.25) is 15.9 Å². The normalized spacial score (nSPS) is 11.2. The molecule has 0 aliphatic carbocycles. The monoisotopic (exact) mass is 356 g/mol. The Morgan fingerprint density at radius 3 is 2.26 bits per heavy atom.